The zero-order chi connectivity index (χ0) is 20.9. The van der Waals surface area contributed by atoms with Crippen LogP contribution in [-0.4, -0.2) is 28.2 Å². The maximum absolute atomic E-state index is 12.6. The number of thiazole rings is 1. The van der Waals surface area contributed by atoms with Crippen molar-refractivity contribution in [3.05, 3.63) is 76.3 Å². The van der Waals surface area contributed by atoms with Crippen LogP contribution in [0, 0.1) is 6.92 Å². The number of hydrogen-bond donors (Lipinski definition) is 1. The lowest BCUT2D eigenvalue weighted by Crippen LogP contribution is -2.23. The van der Waals surface area contributed by atoms with Crippen LogP contribution in [0.3, 0.4) is 0 Å². The van der Waals surface area contributed by atoms with Gasteiger partial charge in [-0.05, 0) is 48.7 Å². The average molecular weight is 438 g/mol. The zero-order valence-electron chi connectivity index (χ0n) is 16.8. The first-order valence-electron chi connectivity index (χ1n) is 9.89. The van der Waals surface area contributed by atoms with Crippen LogP contribution in [0.2, 0.25) is 0 Å². The summed E-state index contributed by atoms with van der Waals surface area (Å²) in [6.45, 7) is 3.39. The van der Waals surface area contributed by atoms with Crippen molar-refractivity contribution < 1.29 is 9.59 Å². The fraction of sp³-hybridized carbons (Fsp3) is 0.261. The molecule has 1 N–H and O–H groups in total. The third kappa shape index (κ3) is 5.29. The summed E-state index contributed by atoms with van der Waals surface area (Å²) in [6, 6.07) is 15.4. The third-order valence-electron chi connectivity index (χ3n) is 4.91. The summed E-state index contributed by atoms with van der Waals surface area (Å²) in [7, 11) is 0. The second-order valence-electron chi connectivity index (χ2n) is 7.31. The molecule has 154 valence electrons. The van der Waals surface area contributed by atoms with E-state index >= 15 is 0 Å². The molecule has 1 fully saturated rings. The molecular weight excluding hydrogens is 414 g/mol. The molecule has 1 aromatic heterocycles. The number of nitrogens with zero attached hydrogens (tertiary/aromatic N) is 2. The van der Waals surface area contributed by atoms with Crippen LogP contribution in [-0.2, 0) is 17.1 Å². The van der Waals surface area contributed by atoms with Gasteiger partial charge in [0.15, 0.2) is 0 Å². The molecule has 30 heavy (non-hydrogen) atoms. The number of benzene rings is 2. The third-order valence-corrected chi connectivity index (χ3v) is 7.12. The van der Waals surface area contributed by atoms with Gasteiger partial charge in [0, 0.05) is 47.6 Å². The first-order chi connectivity index (χ1) is 14.6. The molecule has 3 aromatic rings. The van der Waals surface area contributed by atoms with Crippen molar-refractivity contribution in [1.29, 1.82) is 0 Å². The van der Waals surface area contributed by atoms with Crippen molar-refractivity contribution in [2.75, 3.05) is 11.9 Å². The first-order valence-corrected chi connectivity index (χ1v) is 11.8. The SMILES string of the molecule is Cc1csc(SCc2ccc(C(=O)Nc3cccc(CN4CCCC4=O)c3)cc2)n1. The fourth-order valence-corrected chi connectivity index (χ4v) is 5.14. The zero-order valence-corrected chi connectivity index (χ0v) is 18.4. The number of aromatic nitrogens is 1. The molecule has 2 aromatic carbocycles. The number of nitrogens with one attached hydrogen (secondary N) is 1. The Morgan fingerprint density at radius 3 is 2.73 bits per heavy atom. The molecule has 5 nitrogen and oxygen atoms in total. The van der Waals surface area contributed by atoms with Gasteiger partial charge in [-0.1, -0.05) is 36.0 Å². The highest BCUT2D eigenvalue weighted by molar-refractivity contribution is 8.00. The summed E-state index contributed by atoms with van der Waals surface area (Å²) in [5, 5.41) is 5.01. The molecular formula is C23H23N3O2S2. The number of aryl methyl sites for hydroxylation is 1. The van der Waals surface area contributed by atoms with Gasteiger partial charge < -0.3 is 10.2 Å². The summed E-state index contributed by atoms with van der Waals surface area (Å²) in [4.78, 5) is 30.8. The molecule has 7 heteroatoms. The number of rotatable bonds is 7. The monoisotopic (exact) mass is 437 g/mol. The smallest absolute Gasteiger partial charge is 0.255 e. The van der Waals surface area contributed by atoms with Crippen LogP contribution in [0.4, 0.5) is 5.69 Å². The van der Waals surface area contributed by atoms with Gasteiger partial charge in [-0.2, -0.15) is 0 Å². The predicted molar refractivity (Wildman–Crippen MR) is 122 cm³/mol. The molecule has 2 amide bonds. The number of amides is 2. The van der Waals surface area contributed by atoms with Crippen molar-refractivity contribution in [1.82, 2.24) is 9.88 Å². The highest BCUT2D eigenvalue weighted by Crippen LogP contribution is 2.26. The second-order valence-corrected chi connectivity index (χ2v) is 9.39. The van der Waals surface area contributed by atoms with Gasteiger partial charge >= 0.3 is 0 Å². The second kappa shape index (κ2) is 9.45. The van der Waals surface area contributed by atoms with Gasteiger partial charge in [0.2, 0.25) is 5.91 Å². The highest BCUT2D eigenvalue weighted by atomic mass is 32.2. The Morgan fingerprint density at radius 2 is 2.03 bits per heavy atom. The maximum atomic E-state index is 12.6. The fourth-order valence-electron chi connectivity index (χ4n) is 3.34. The molecule has 0 saturated carbocycles. The van der Waals surface area contributed by atoms with Gasteiger partial charge in [0.1, 0.15) is 4.34 Å². The van der Waals surface area contributed by atoms with Crippen molar-refractivity contribution in [2.45, 2.75) is 36.4 Å². The normalized spacial score (nSPS) is 13.6. The largest absolute Gasteiger partial charge is 0.338 e. The van der Waals surface area contributed by atoms with Gasteiger partial charge in [-0.15, -0.1) is 11.3 Å². The van der Waals surface area contributed by atoms with E-state index in [9.17, 15) is 9.59 Å². The van der Waals surface area contributed by atoms with E-state index < -0.39 is 0 Å². The Labute approximate surface area is 184 Å². The minimum atomic E-state index is -0.140. The molecule has 1 aliphatic rings. The Hall–Kier alpha value is -2.64. The molecule has 2 heterocycles. The van der Waals surface area contributed by atoms with Gasteiger partial charge in [0.05, 0.1) is 0 Å². The van der Waals surface area contributed by atoms with E-state index in [-0.39, 0.29) is 11.8 Å². The molecule has 0 bridgehead atoms. The number of likely N-dealkylation sites (tertiary alicyclic amines) is 1. The number of anilines is 1. The average Bonchev–Trinajstić information content (AvgIpc) is 3.35. The molecule has 1 aliphatic heterocycles. The van der Waals surface area contributed by atoms with Crippen molar-refractivity contribution in [3.8, 4) is 0 Å². The van der Waals surface area contributed by atoms with Crippen LogP contribution in [0.5, 0.6) is 0 Å². The number of carbonyl (C=O) groups excluding carboxylic acids is 2. The van der Waals surface area contributed by atoms with E-state index in [2.05, 4.69) is 10.3 Å². The lowest BCUT2D eigenvalue weighted by Gasteiger charge is -2.16. The predicted octanol–water partition coefficient (Wildman–Crippen LogP) is 5.12. The maximum Gasteiger partial charge on any atom is 0.255 e. The minimum absolute atomic E-state index is 0.140. The summed E-state index contributed by atoms with van der Waals surface area (Å²) in [6.07, 6.45) is 1.56. The molecule has 4 rings (SSSR count). The van der Waals surface area contributed by atoms with Crippen LogP contribution in [0.1, 0.15) is 40.0 Å². The van der Waals surface area contributed by atoms with Crippen LogP contribution < -0.4 is 5.32 Å². The molecule has 0 aliphatic carbocycles. The van der Waals surface area contributed by atoms with Crippen LogP contribution >= 0.6 is 23.1 Å². The molecule has 0 unspecified atom stereocenters. The number of thioether (sulfide) groups is 1. The summed E-state index contributed by atoms with van der Waals surface area (Å²) >= 11 is 3.36. The minimum Gasteiger partial charge on any atom is -0.338 e. The van der Waals surface area contributed by atoms with Crippen LogP contribution in [0.15, 0.2) is 58.3 Å². The standard InChI is InChI=1S/C23H23N3O2S2/c1-16-14-29-23(24-16)30-15-17-7-9-19(10-8-17)22(28)25-20-5-2-4-18(12-20)13-26-11-3-6-21(26)27/h2,4-5,7-10,12,14H,3,6,11,13,15H2,1H3,(H,25,28). The number of hydrogen-bond acceptors (Lipinski definition) is 5. The Morgan fingerprint density at radius 1 is 1.20 bits per heavy atom. The van der Waals surface area contributed by atoms with Crippen molar-refractivity contribution in [2.24, 2.45) is 0 Å². The van der Waals surface area contributed by atoms with Crippen molar-refractivity contribution >= 4 is 40.6 Å². The topological polar surface area (TPSA) is 62.3 Å². The van der Waals surface area contributed by atoms with Gasteiger partial charge in [-0.3, -0.25) is 9.59 Å². The molecule has 0 radical (unpaired) electrons. The quantitative estimate of drug-likeness (QED) is 0.521. The lowest BCUT2D eigenvalue weighted by atomic mass is 10.1. The molecule has 0 spiro atoms. The number of carbonyl (C=O) groups is 2. The Balaban J connectivity index is 1.34. The van der Waals surface area contributed by atoms with E-state index in [0.29, 0.717) is 18.5 Å². The molecule has 1 saturated heterocycles. The highest BCUT2D eigenvalue weighted by Gasteiger charge is 2.20. The lowest BCUT2D eigenvalue weighted by molar-refractivity contribution is -0.128. The summed E-state index contributed by atoms with van der Waals surface area (Å²) in [5.74, 6) is 0.887. The first kappa shape index (κ1) is 20.6. The van der Waals surface area contributed by atoms with E-state index in [0.717, 1.165) is 45.6 Å². The van der Waals surface area contributed by atoms with E-state index in [4.69, 9.17) is 0 Å². The summed E-state index contributed by atoms with van der Waals surface area (Å²) < 4.78 is 1.06. The Bertz CT molecular complexity index is 1050. The summed E-state index contributed by atoms with van der Waals surface area (Å²) in [5.41, 5.74) is 4.58. The Kier molecular flexibility index (Phi) is 6.50. The van der Waals surface area contributed by atoms with E-state index in [1.165, 1.54) is 0 Å². The van der Waals surface area contributed by atoms with Crippen LogP contribution in [0.25, 0.3) is 0 Å². The van der Waals surface area contributed by atoms with E-state index in [1.54, 1.807) is 23.1 Å². The van der Waals surface area contributed by atoms with Gasteiger partial charge in [0.25, 0.3) is 5.91 Å². The van der Waals surface area contributed by atoms with E-state index in [1.807, 2.05) is 65.7 Å². The van der Waals surface area contributed by atoms with Gasteiger partial charge in [-0.25, -0.2) is 4.98 Å². The van der Waals surface area contributed by atoms with Crippen molar-refractivity contribution in [3.63, 3.8) is 0 Å². The molecule has 0 atom stereocenters.